The number of hydrogen-bond donors (Lipinski definition) is 3. The molecule has 0 aliphatic heterocycles. The van der Waals surface area contributed by atoms with Gasteiger partial charge in [-0.3, -0.25) is 5.10 Å². The van der Waals surface area contributed by atoms with E-state index < -0.39 is 10.0 Å². The summed E-state index contributed by atoms with van der Waals surface area (Å²) in [7, 11) is -3.51. The summed E-state index contributed by atoms with van der Waals surface area (Å²) in [6.07, 6.45) is 0. The van der Waals surface area contributed by atoms with Crippen LogP contribution in [0.5, 0.6) is 0 Å². The van der Waals surface area contributed by atoms with Crippen LogP contribution in [0.4, 0.5) is 0 Å². The Bertz CT molecular complexity index is 435. The molecule has 0 saturated carbocycles. The van der Waals surface area contributed by atoms with E-state index in [0.717, 1.165) is 0 Å². The van der Waals surface area contributed by atoms with Gasteiger partial charge in [-0.2, -0.15) is 5.10 Å². The smallest absolute Gasteiger partial charge is 0.244 e. The van der Waals surface area contributed by atoms with Crippen molar-refractivity contribution in [2.75, 3.05) is 0 Å². The molecular weight excluding hydrogens is 216 g/mol. The minimum absolute atomic E-state index is 0.0959. The van der Waals surface area contributed by atoms with Crippen LogP contribution in [0.25, 0.3) is 0 Å². The quantitative estimate of drug-likeness (QED) is 0.672. The lowest BCUT2D eigenvalue weighted by atomic mass is 10.4. The highest BCUT2D eigenvalue weighted by Crippen LogP contribution is 2.17. The van der Waals surface area contributed by atoms with Gasteiger partial charge < -0.3 is 5.73 Å². The normalized spacial score (nSPS) is 12.3. The SMILES string of the molecule is Cc1[nH]nc(CN)c1S(=O)(=O)NC(C)C. The Kier molecular flexibility index (Phi) is 3.48. The Hall–Kier alpha value is -0.920. The van der Waals surface area contributed by atoms with Crippen molar-refractivity contribution in [3.8, 4) is 0 Å². The number of nitrogens with one attached hydrogen (secondary N) is 2. The predicted molar refractivity (Wildman–Crippen MR) is 56.7 cm³/mol. The zero-order chi connectivity index (χ0) is 11.6. The second-order valence-electron chi connectivity index (χ2n) is 3.60. The summed E-state index contributed by atoms with van der Waals surface area (Å²) < 4.78 is 26.2. The van der Waals surface area contributed by atoms with Crippen molar-refractivity contribution >= 4 is 10.0 Å². The summed E-state index contributed by atoms with van der Waals surface area (Å²) in [6.45, 7) is 5.27. The lowest BCUT2D eigenvalue weighted by Gasteiger charge is -2.09. The first-order valence-corrected chi connectivity index (χ1v) is 6.13. The van der Waals surface area contributed by atoms with E-state index in [0.29, 0.717) is 11.4 Å². The number of aryl methyl sites for hydroxylation is 1. The number of rotatable bonds is 4. The van der Waals surface area contributed by atoms with E-state index in [4.69, 9.17) is 5.73 Å². The van der Waals surface area contributed by atoms with Gasteiger partial charge in [-0.1, -0.05) is 0 Å². The second kappa shape index (κ2) is 4.30. The number of sulfonamides is 1. The molecule has 0 bridgehead atoms. The monoisotopic (exact) mass is 232 g/mol. The van der Waals surface area contributed by atoms with E-state index in [2.05, 4.69) is 14.9 Å². The van der Waals surface area contributed by atoms with Crippen LogP contribution in [0.3, 0.4) is 0 Å². The van der Waals surface area contributed by atoms with E-state index in [1.54, 1.807) is 20.8 Å². The molecule has 0 saturated heterocycles. The summed E-state index contributed by atoms with van der Waals surface area (Å²) in [4.78, 5) is 0.165. The molecule has 1 aromatic rings. The molecule has 0 aromatic carbocycles. The standard InChI is InChI=1S/C8H16N4O2S/c1-5(2)12-15(13,14)8-6(3)10-11-7(8)4-9/h5,12H,4,9H2,1-3H3,(H,10,11). The maximum Gasteiger partial charge on any atom is 0.244 e. The molecule has 1 heterocycles. The first-order valence-electron chi connectivity index (χ1n) is 4.64. The van der Waals surface area contributed by atoms with Gasteiger partial charge in [0.05, 0.1) is 11.4 Å². The van der Waals surface area contributed by atoms with Crippen molar-refractivity contribution < 1.29 is 8.42 Å². The average molecular weight is 232 g/mol. The second-order valence-corrected chi connectivity index (χ2v) is 5.26. The third kappa shape index (κ3) is 2.55. The van der Waals surface area contributed by atoms with Gasteiger partial charge in [0.15, 0.2) is 0 Å². The Morgan fingerprint density at radius 3 is 2.60 bits per heavy atom. The maximum atomic E-state index is 11.9. The number of hydrogen-bond acceptors (Lipinski definition) is 4. The topological polar surface area (TPSA) is 101 Å². The molecule has 0 atom stereocenters. The van der Waals surface area contributed by atoms with E-state index in [-0.39, 0.29) is 17.5 Å². The van der Waals surface area contributed by atoms with Crippen molar-refractivity contribution in [2.24, 2.45) is 5.73 Å². The predicted octanol–water partition coefficient (Wildman–Crippen LogP) is -0.136. The summed E-state index contributed by atoms with van der Waals surface area (Å²) in [5.41, 5.74) is 6.28. The average Bonchev–Trinajstić information content (AvgIpc) is 2.44. The third-order valence-electron chi connectivity index (χ3n) is 1.81. The molecule has 0 aliphatic rings. The Balaban J connectivity index is 3.20. The highest BCUT2D eigenvalue weighted by atomic mass is 32.2. The van der Waals surface area contributed by atoms with Crippen molar-refractivity contribution in [3.63, 3.8) is 0 Å². The molecule has 0 fully saturated rings. The molecule has 7 heteroatoms. The number of aromatic amines is 1. The minimum atomic E-state index is -3.51. The van der Waals surface area contributed by atoms with Gasteiger partial charge in [-0.25, -0.2) is 13.1 Å². The molecule has 0 radical (unpaired) electrons. The van der Waals surface area contributed by atoms with Gasteiger partial charge in [0.1, 0.15) is 4.90 Å². The van der Waals surface area contributed by atoms with Gasteiger partial charge >= 0.3 is 0 Å². The molecule has 0 spiro atoms. The first-order chi connectivity index (χ1) is 6.88. The van der Waals surface area contributed by atoms with Crippen LogP contribution in [0.15, 0.2) is 4.90 Å². The Morgan fingerprint density at radius 2 is 2.13 bits per heavy atom. The maximum absolute atomic E-state index is 11.9. The van der Waals surface area contributed by atoms with Gasteiger partial charge in [0.2, 0.25) is 10.0 Å². The van der Waals surface area contributed by atoms with Crippen molar-refractivity contribution in [2.45, 2.75) is 38.3 Å². The number of nitrogens with two attached hydrogens (primary N) is 1. The fourth-order valence-corrected chi connectivity index (χ4v) is 2.96. The van der Waals surface area contributed by atoms with E-state index in [9.17, 15) is 8.42 Å². The largest absolute Gasteiger partial charge is 0.325 e. The Morgan fingerprint density at radius 1 is 1.53 bits per heavy atom. The van der Waals surface area contributed by atoms with Gasteiger partial charge in [0, 0.05) is 12.6 Å². The van der Waals surface area contributed by atoms with Crippen molar-refractivity contribution in [3.05, 3.63) is 11.4 Å². The van der Waals surface area contributed by atoms with Gasteiger partial charge in [-0.15, -0.1) is 0 Å². The summed E-state index contributed by atoms with van der Waals surface area (Å²) in [6, 6.07) is -0.157. The highest BCUT2D eigenvalue weighted by molar-refractivity contribution is 7.89. The molecular formula is C8H16N4O2S. The van der Waals surface area contributed by atoms with Gasteiger partial charge in [-0.05, 0) is 20.8 Å². The molecule has 1 aromatic heterocycles. The van der Waals surface area contributed by atoms with Crippen molar-refractivity contribution in [1.82, 2.24) is 14.9 Å². The highest BCUT2D eigenvalue weighted by Gasteiger charge is 2.23. The Labute approximate surface area is 89.3 Å². The number of H-pyrrole nitrogens is 1. The number of nitrogens with zero attached hydrogens (tertiary/aromatic N) is 1. The number of aromatic nitrogens is 2. The molecule has 0 amide bonds. The fourth-order valence-electron chi connectivity index (χ4n) is 1.33. The molecule has 86 valence electrons. The fraction of sp³-hybridized carbons (Fsp3) is 0.625. The summed E-state index contributed by atoms with van der Waals surface area (Å²) >= 11 is 0. The van der Waals surface area contributed by atoms with Crippen LogP contribution in [-0.4, -0.2) is 24.7 Å². The van der Waals surface area contributed by atoms with Crippen molar-refractivity contribution in [1.29, 1.82) is 0 Å². The zero-order valence-corrected chi connectivity index (χ0v) is 9.85. The molecule has 0 aliphatic carbocycles. The van der Waals surface area contributed by atoms with Gasteiger partial charge in [0.25, 0.3) is 0 Å². The summed E-state index contributed by atoms with van der Waals surface area (Å²) in [5.74, 6) is 0. The minimum Gasteiger partial charge on any atom is -0.325 e. The van der Waals surface area contributed by atoms with Crippen LogP contribution < -0.4 is 10.5 Å². The van der Waals surface area contributed by atoms with E-state index in [1.165, 1.54) is 0 Å². The molecule has 6 nitrogen and oxygen atoms in total. The van der Waals surface area contributed by atoms with Crippen LogP contribution in [0.2, 0.25) is 0 Å². The molecule has 15 heavy (non-hydrogen) atoms. The van der Waals surface area contributed by atoms with E-state index >= 15 is 0 Å². The zero-order valence-electron chi connectivity index (χ0n) is 9.03. The third-order valence-corrected chi connectivity index (χ3v) is 3.68. The van der Waals surface area contributed by atoms with Crippen LogP contribution in [-0.2, 0) is 16.6 Å². The molecule has 4 N–H and O–H groups in total. The van der Waals surface area contributed by atoms with E-state index in [1.807, 2.05) is 0 Å². The summed E-state index contributed by atoms with van der Waals surface area (Å²) in [5, 5.41) is 6.46. The lowest BCUT2D eigenvalue weighted by Crippen LogP contribution is -2.31. The lowest BCUT2D eigenvalue weighted by molar-refractivity contribution is 0.568. The first kappa shape index (κ1) is 12.2. The molecule has 0 unspecified atom stereocenters. The van der Waals surface area contributed by atoms with Crippen LogP contribution in [0.1, 0.15) is 25.2 Å². The van der Waals surface area contributed by atoms with Crippen LogP contribution in [0, 0.1) is 6.92 Å². The van der Waals surface area contributed by atoms with Crippen LogP contribution >= 0.6 is 0 Å². The molecule has 1 rings (SSSR count).